The Labute approximate surface area is 160 Å². The standard InChI is InChI=1S/C21H19FN4O2/c1-24-11-14(10-23-24)19-12-26(16-4-6-17(7-5-16)28-13-22)21(27)20-18(19)8-9-25(20)15-2-3-15/h4-12,15H,2-3,13H2,1H3. The molecule has 0 atom stereocenters. The van der Waals surface area contributed by atoms with Crippen LogP contribution >= 0.6 is 0 Å². The predicted octanol–water partition coefficient (Wildman–Crippen LogP) is 3.83. The first-order valence-corrected chi connectivity index (χ1v) is 9.20. The van der Waals surface area contributed by atoms with Gasteiger partial charge in [0.15, 0.2) is 0 Å². The third kappa shape index (κ3) is 2.70. The number of aryl methyl sites for hydroxylation is 1. The molecule has 3 aromatic heterocycles. The van der Waals surface area contributed by atoms with Crippen molar-refractivity contribution in [3.05, 3.63) is 65.5 Å². The molecule has 0 bridgehead atoms. The number of ether oxygens (including phenoxy) is 1. The molecule has 1 aromatic carbocycles. The number of fused-ring (bicyclic) bond motifs is 1. The molecule has 0 aliphatic heterocycles. The van der Waals surface area contributed by atoms with Crippen molar-refractivity contribution in [2.45, 2.75) is 18.9 Å². The first kappa shape index (κ1) is 16.8. The number of benzene rings is 1. The van der Waals surface area contributed by atoms with E-state index in [9.17, 15) is 9.18 Å². The van der Waals surface area contributed by atoms with Gasteiger partial charge >= 0.3 is 0 Å². The number of hydrogen-bond donors (Lipinski definition) is 0. The fourth-order valence-corrected chi connectivity index (χ4v) is 3.67. The van der Waals surface area contributed by atoms with Crippen LogP contribution in [0.2, 0.25) is 0 Å². The predicted molar refractivity (Wildman–Crippen MR) is 105 cm³/mol. The van der Waals surface area contributed by atoms with Crippen LogP contribution in [-0.4, -0.2) is 25.8 Å². The third-order valence-corrected chi connectivity index (χ3v) is 5.18. The molecule has 0 saturated heterocycles. The molecular weight excluding hydrogens is 359 g/mol. The summed E-state index contributed by atoms with van der Waals surface area (Å²) in [6, 6.07) is 9.25. The van der Waals surface area contributed by atoms with Crippen molar-refractivity contribution in [1.82, 2.24) is 18.9 Å². The van der Waals surface area contributed by atoms with Gasteiger partial charge in [0.1, 0.15) is 11.3 Å². The molecule has 1 fully saturated rings. The Balaban J connectivity index is 1.75. The van der Waals surface area contributed by atoms with Gasteiger partial charge in [-0.2, -0.15) is 5.10 Å². The largest absolute Gasteiger partial charge is 0.463 e. The Bertz CT molecular complexity index is 1220. The molecule has 5 rings (SSSR count). The summed E-state index contributed by atoms with van der Waals surface area (Å²) in [7, 11) is 1.87. The van der Waals surface area contributed by atoms with Gasteiger partial charge in [0.05, 0.1) is 6.20 Å². The number of aromatic nitrogens is 4. The normalized spacial score (nSPS) is 13.9. The lowest BCUT2D eigenvalue weighted by atomic mass is 10.1. The molecule has 28 heavy (non-hydrogen) atoms. The fourth-order valence-electron chi connectivity index (χ4n) is 3.67. The van der Waals surface area contributed by atoms with Gasteiger partial charge < -0.3 is 9.30 Å². The maximum absolute atomic E-state index is 13.4. The molecule has 1 aliphatic carbocycles. The Morgan fingerprint density at radius 3 is 2.61 bits per heavy atom. The lowest BCUT2D eigenvalue weighted by Gasteiger charge is -2.12. The summed E-state index contributed by atoms with van der Waals surface area (Å²) in [5.41, 5.74) is 3.23. The van der Waals surface area contributed by atoms with E-state index in [1.165, 1.54) is 0 Å². The molecule has 4 aromatic rings. The lowest BCUT2D eigenvalue weighted by molar-refractivity contribution is 0.192. The van der Waals surface area contributed by atoms with Crippen molar-refractivity contribution in [1.29, 1.82) is 0 Å². The Morgan fingerprint density at radius 2 is 1.96 bits per heavy atom. The monoisotopic (exact) mass is 378 g/mol. The van der Waals surface area contributed by atoms with E-state index >= 15 is 0 Å². The van der Waals surface area contributed by atoms with Gasteiger partial charge in [-0.05, 0) is 43.2 Å². The van der Waals surface area contributed by atoms with Gasteiger partial charge in [0.2, 0.25) is 6.86 Å². The van der Waals surface area contributed by atoms with E-state index in [2.05, 4.69) is 9.67 Å². The van der Waals surface area contributed by atoms with Crippen LogP contribution in [0, 0.1) is 0 Å². The molecule has 142 valence electrons. The second kappa shape index (κ2) is 6.37. The summed E-state index contributed by atoms with van der Waals surface area (Å²) < 4.78 is 22.7. The highest BCUT2D eigenvalue weighted by Crippen LogP contribution is 2.38. The van der Waals surface area contributed by atoms with E-state index in [-0.39, 0.29) is 5.56 Å². The van der Waals surface area contributed by atoms with Crippen molar-refractivity contribution < 1.29 is 9.13 Å². The van der Waals surface area contributed by atoms with Crippen LogP contribution in [0.5, 0.6) is 5.75 Å². The van der Waals surface area contributed by atoms with Crippen molar-refractivity contribution in [2.75, 3.05) is 6.86 Å². The van der Waals surface area contributed by atoms with Gasteiger partial charge in [-0.15, -0.1) is 0 Å². The summed E-state index contributed by atoms with van der Waals surface area (Å²) in [6.07, 6.45) is 9.79. The second-order valence-corrected chi connectivity index (χ2v) is 7.08. The van der Waals surface area contributed by atoms with Crippen LogP contribution in [0.4, 0.5) is 4.39 Å². The summed E-state index contributed by atoms with van der Waals surface area (Å²) in [6.45, 7) is -0.884. The highest BCUT2D eigenvalue weighted by molar-refractivity contribution is 5.94. The van der Waals surface area contributed by atoms with Crippen molar-refractivity contribution >= 4 is 10.9 Å². The van der Waals surface area contributed by atoms with Gasteiger partial charge in [-0.25, -0.2) is 4.39 Å². The first-order valence-electron chi connectivity index (χ1n) is 9.20. The Hall–Kier alpha value is -3.35. The number of pyridine rings is 1. The van der Waals surface area contributed by atoms with E-state index in [1.54, 1.807) is 39.7 Å². The first-order chi connectivity index (χ1) is 13.7. The minimum absolute atomic E-state index is 0.0706. The number of halogens is 1. The molecule has 3 heterocycles. The SMILES string of the molecule is Cn1cc(-c2cn(-c3ccc(OCF)cc3)c(=O)c3c2ccn3C2CC2)cn1. The Morgan fingerprint density at radius 1 is 1.18 bits per heavy atom. The minimum Gasteiger partial charge on any atom is -0.463 e. The molecular formula is C21H19FN4O2. The van der Waals surface area contributed by atoms with Crippen molar-refractivity contribution in [3.8, 4) is 22.6 Å². The average Bonchev–Trinajstić information content (AvgIpc) is 3.29. The Kier molecular flexibility index (Phi) is 3.82. The van der Waals surface area contributed by atoms with E-state index in [1.807, 2.05) is 31.7 Å². The number of hydrogen-bond acceptors (Lipinski definition) is 3. The smallest absolute Gasteiger partial charge is 0.279 e. The average molecular weight is 378 g/mol. The fraction of sp³-hybridized carbons (Fsp3) is 0.238. The van der Waals surface area contributed by atoms with Crippen molar-refractivity contribution in [3.63, 3.8) is 0 Å². The summed E-state index contributed by atoms with van der Waals surface area (Å²) in [4.78, 5) is 13.4. The maximum Gasteiger partial charge on any atom is 0.279 e. The quantitative estimate of drug-likeness (QED) is 0.530. The van der Waals surface area contributed by atoms with Crippen LogP contribution in [0.25, 0.3) is 27.7 Å². The van der Waals surface area contributed by atoms with Gasteiger partial charge in [0, 0.05) is 53.9 Å². The van der Waals surface area contributed by atoms with E-state index < -0.39 is 6.86 Å². The van der Waals surface area contributed by atoms with Crippen molar-refractivity contribution in [2.24, 2.45) is 7.05 Å². The molecule has 0 spiro atoms. The zero-order valence-corrected chi connectivity index (χ0v) is 15.4. The zero-order chi connectivity index (χ0) is 19.3. The summed E-state index contributed by atoms with van der Waals surface area (Å²) >= 11 is 0. The topological polar surface area (TPSA) is 54.0 Å². The van der Waals surface area contributed by atoms with E-state index in [0.717, 1.165) is 29.4 Å². The van der Waals surface area contributed by atoms with Crippen LogP contribution in [0.15, 0.2) is 59.9 Å². The molecule has 0 amide bonds. The molecule has 7 heteroatoms. The highest BCUT2D eigenvalue weighted by Gasteiger charge is 2.27. The molecule has 6 nitrogen and oxygen atoms in total. The lowest BCUT2D eigenvalue weighted by Crippen LogP contribution is -2.20. The zero-order valence-electron chi connectivity index (χ0n) is 15.4. The molecule has 1 aliphatic rings. The van der Waals surface area contributed by atoms with Crippen LogP contribution in [-0.2, 0) is 7.05 Å². The van der Waals surface area contributed by atoms with Gasteiger partial charge in [-0.3, -0.25) is 14.0 Å². The van der Waals surface area contributed by atoms with Gasteiger partial charge in [-0.1, -0.05) is 0 Å². The minimum atomic E-state index is -0.884. The second-order valence-electron chi connectivity index (χ2n) is 7.08. The number of alkyl halides is 1. The van der Waals surface area contributed by atoms with Gasteiger partial charge in [0.25, 0.3) is 5.56 Å². The molecule has 0 unspecified atom stereocenters. The highest BCUT2D eigenvalue weighted by atomic mass is 19.1. The third-order valence-electron chi connectivity index (χ3n) is 5.18. The maximum atomic E-state index is 13.4. The van der Waals surface area contributed by atoms with Crippen LogP contribution < -0.4 is 10.3 Å². The van der Waals surface area contributed by atoms with Crippen LogP contribution in [0.1, 0.15) is 18.9 Å². The van der Waals surface area contributed by atoms with Crippen LogP contribution in [0.3, 0.4) is 0 Å². The number of rotatable bonds is 5. The summed E-state index contributed by atoms with van der Waals surface area (Å²) in [5.74, 6) is 0.425. The van der Waals surface area contributed by atoms with E-state index in [0.29, 0.717) is 23.0 Å². The molecule has 0 radical (unpaired) electrons. The molecule has 1 saturated carbocycles. The summed E-state index contributed by atoms with van der Waals surface area (Å²) in [5, 5.41) is 5.21. The number of nitrogens with zero attached hydrogens (tertiary/aromatic N) is 4. The molecule has 0 N–H and O–H groups in total. The van der Waals surface area contributed by atoms with E-state index in [4.69, 9.17) is 4.74 Å².